The molecule has 4 aromatic rings. The Balaban J connectivity index is 1.68. The highest BCUT2D eigenvalue weighted by Gasteiger charge is 2.11. The van der Waals surface area contributed by atoms with Gasteiger partial charge in [-0.2, -0.15) is 5.26 Å². The van der Waals surface area contributed by atoms with Gasteiger partial charge in [0.05, 0.1) is 23.9 Å². The molecule has 1 aromatic heterocycles. The average molecular weight is 396 g/mol. The lowest BCUT2D eigenvalue weighted by Crippen LogP contribution is -2.00. The number of carbonyl (C=O) groups excluding carboxylic acids is 1. The third kappa shape index (κ3) is 3.79. The summed E-state index contributed by atoms with van der Waals surface area (Å²) in [5, 5.41) is 14.6. The molecule has 3 aromatic carbocycles. The number of thiazole rings is 1. The van der Waals surface area contributed by atoms with E-state index in [1.165, 1.54) is 18.4 Å². The fourth-order valence-corrected chi connectivity index (χ4v) is 3.90. The largest absolute Gasteiger partial charge is 0.465 e. The Bertz CT molecular complexity index is 1260. The van der Waals surface area contributed by atoms with E-state index in [-0.39, 0.29) is 5.97 Å². The second-order valence-electron chi connectivity index (χ2n) is 6.35. The first-order valence-electron chi connectivity index (χ1n) is 8.94. The van der Waals surface area contributed by atoms with E-state index in [4.69, 9.17) is 9.72 Å². The van der Waals surface area contributed by atoms with Gasteiger partial charge in [0, 0.05) is 10.9 Å². The minimum Gasteiger partial charge on any atom is -0.465 e. The van der Waals surface area contributed by atoms with Crippen LogP contribution in [0.2, 0.25) is 0 Å². The molecule has 4 rings (SSSR count). The zero-order valence-electron chi connectivity index (χ0n) is 15.6. The second-order valence-corrected chi connectivity index (χ2v) is 7.21. The van der Waals surface area contributed by atoms with Gasteiger partial charge in [-0.15, -0.1) is 11.3 Å². The number of nitriles is 1. The standard InChI is InChI=1S/C24H16N2O2S/c1-28-24(27)18-11-9-16(10-12-18)13-19(14-25)23-26-22(15-29-23)21-8-4-6-17-5-2-3-7-20(17)21/h2-13,15H,1H3. The van der Waals surface area contributed by atoms with Crippen LogP contribution in [0.4, 0.5) is 0 Å². The summed E-state index contributed by atoms with van der Waals surface area (Å²) in [7, 11) is 1.35. The van der Waals surface area contributed by atoms with E-state index in [1.54, 1.807) is 30.3 Å². The van der Waals surface area contributed by atoms with Gasteiger partial charge in [0.25, 0.3) is 0 Å². The molecular weight excluding hydrogens is 380 g/mol. The third-order valence-electron chi connectivity index (χ3n) is 4.56. The van der Waals surface area contributed by atoms with Crippen molar-refractivity contribution in [1.82, 2.24) is 4.98 Å². The smallest absolute Gasteiger partial charge is 0.337 e. The van der Waals surface area contributed by atoms with Crippen molar-refractivity contribution in [3.63, 3.8) is 0 Å². The van der Waals surface area contributed by atoms with Gasteiger partial charge in [-0.05, 0) is 34.5 Å². The molecule has 1 heterocycles. The molecule has 0 bridgehead atoms. The summed E-state index contributed by atoms with van der Waals surface area (Å²) in [6, 6.07) is 23.5. The van der Waals surface area contributed by atoms with Crippen molar-refractivity contribution in [1.29, 1.82) is 5.26 Å². The molecule has 0 saturated carbocycles. The fraction of sp³-hybridized carbons (Fsp3) is 0.0417. The number of nitrogens with zero attached hydrogens (tertiary/aromatic N) is 2. The van der Waals surface area contributed by atoms with Crippen LogP contribution in [-0.2, 0) is 4.74 Å². The first kappa shape index (κ1) is 18.6. The van der Waals surface area contributed by atoms with Gasteiger partial charge in [-0.1, -0.05) is 54.6 Å². The van der Waals surface area contributed by atoms with E-state index in [0.29, 0.717) is 16.1 Å². The SMILES string of the molecule is COC(=O)c1ccc(C=C(C#N)c2nc(-c3cccc4ccccc34)cs2)cc1. The van der Waals surface area contributed by atoms with Gasteiger partial charge in [0.2, 0.25) is 0 Å². The molecule has 0 aliphatic heterocycles. The van der Waals surface area contributed by atoms with E-state index < -0.39 is 0 Å². The lowest BCUT2D eigenvalue weighted by Gasteiger charge is -2.03. The molecular formula is C24H16N2O2S. The second kappa shape index (κ2) is 8.09. The number of benzene rings is 3. The first-order chi connectivity index (χ1) is 14.2. The van der Waals surface area contributed by atoms with Gasteiger partial charge in [0.1, 0.15) is 11.1 Å². The number of ether oxygens (including phenoxy) is 1. The number of hydrogen-bond acceptors (Lipinski definition) is 5. The minimum absolute atomic E-state index is 0.388. The molecule has 0 N–H and O–H groups in total. The molecule has 0 spiro atoms. The molecule has 4 nitrogen and oxygen atoms in total. The minimum atomic E-state index is -0.388. The summed E-state index contributed by atoms with van der Waals surface area (Å²) >= 11 is 1.44. The van der Waals surface area contributed by atoms with Crippen LogP contribution in [0, 0.1) is 11.3 Å². The fourth-order valence-electron chi connectivity index (χ4n) is 3.11. The molecule has 140 valence electrons. The molecule has 0 aliphatic rings. The Morgan fingerprint density at radius 1 is 1.07 bits per heavy atom. The van der Waals surface area contributed by atoms with Gasteiger partial charge in [0.15, 0.2) is 0 Å². The van der Waals surface area contributed by atoms with Gasteiger partial charge in [-0.25, -0.2) is 9.78 Å². The van der Waals surface area contributed by atoms with Crippen LogP contribution in [0.1, 0.15) is 20.9 Å². The summed E-state index contributed by atoms with van der Waals surface area (Å²) in [5.74, 6) is -0.388. The molecule has 0 atom stereocenters. The summed E-state index contributed by atoms with van der Waals surface area (Å²) in [5.41, 5.74) is 3.66. The highest BCUT2D eigenvalue weighted by Crippen LogP contribution is 2.31. The quantitative estimate of drug-likeness (QED) is 0.322. The maximum atomic E-state index is 11.6. The topological polar surface area (TPSA) is 63.0 Å². The number of esters is 1. The maximum absolute atomic E-state index is 11.6. The lowest BCUT2D eigenvalue weighted by molar-refractivity contribution is 0.0600. The van der Waals surface area contributed by atoms with Crippen molar-refractivity contribution in [2.45, 2.75) is 0 Å². The molecule has 5 heteroatoms. The number of aromatic nitrogens is 1. The van der Waals surface area contributed by atoms with E-state index >= 15 is 0 Å². The van der Waals surface area contributed by atoms with E-state index in [2.05, 4.69) is 24.3 Å². The van der Waals surface area contributed by atoms with Crippen LogP contribution in [0.3, 0.4) is 0 Å². The van der Waals surface area contributed by atoms with Crippen molar-refractivity contribution < 1.29 is 9.53 Å². The van der Waals surface area contributed by atoms with Crippen molar-refractivity contribution in [2.75, 3.05) is 7.11 Å². The Hall–Kier alpha value is -3.75. The number of fused-ring (bicyclic) bond motifs is 1. The summed E-state index contributed by atoms with van der Waals surface area (Å²) in [6.07, 6.45) is 1.77. The van der Waals surface area contributed by atoms with Crippen molar-refractivity contribution >= 4 is 39.7 Å². The van der Waals surface area contributed by atoms with E-state index in [1.807, 2.05) is 29.6 Å². The Kier molecular flexibility index (Phi) is 5.19. The number of rotatable bonds is 4. The predicted molar refractivity (Wildman–Crippen MR) is 116 cm³/mol. The van der Waals surface area contributed by atoms with E-state index in [9.17, 15) is 10.1 Å². The predicted octanol–water partition coefficient (Wildman–Crippen LogP) is 5.81. The highest BCUT2D eigenvalue weighted by atomic mass is 32.1. The summed E-state index contributed by atoms with van der Waals surface area (Å²) in [6.45, 7) is 0. The van der Waals surface area contributed by atoms with Crippen molar-refractivity contribution in [3.05, 3.63) is 88.2 Å². The van der Waals surface area contributed by atoms with Crippen LogP contribution < -0.4 is 0 Å². The Morgan fingerprint density at radius 2 is 1.83 bits per heavy atom. The summed E-state index contributed by atoms with van der Waals surface area (Å²) < 4.78 is 4.71. The summed E-state index contributed by atoms with van der Waals surface area (Å²) in [4.78, 5) is 16.3. The molecule has 29 heavy (non-hydrogen) atoms. The Labute approximate surface area is 172 Å². The maximum Gasteiger partial charge on any atom is 0.337 e. The molecule has 0 radical (unpaired) electrons. The Morgan fingerprint density at radius 3 is 2.59 bits per heavy atom. The van der Waals surface area contributed by atoms with Gasteiger partial charge < -0.3 is 4.74 Å². The van der Waals surface area contributed by atoms with E-state index in [0.717, 1.165) is 27.6 Å². The van der Waals surface area contributed by atoms with Crippen LogP contribution in [0.15, 0.2) is 72.1 Å². The molecule has 0 aliphatic carbocycles. The molecule has 0 fully saturated rings. The van der Waals surface area contributed by atoms with Crippen LogP contribution >= 0.6 is 11.3 Å². The number of methoxy groups -OCH3 is 1. The lowest BCUT2D eigenvalue weighted by atomic mass is 10.0. The molecule has 0 saturated heterocycles. The zero-order chi connectivity index (χ0) is 20.2. The normalized spacial score (nSPS) is 11.2. The average Bonchev–Trinajstić information content (AvgIpc) is 3.26. The highest BCUT2D eigenvalue weighted by molar-refractivity contribution is 7.11. The van der Waals surface area contributed by atoms with Crippen LogP contribution in [0.25, 0.3) is 33.7 Å². The zero-order valence-corrected chi connectivity index (χ0v) is 16.4. The number of allylic oxidation sites excluding steroid dienone is 1. The number of carbonyl (C=O) groups is 1. The first-order valence-corrected chi connectivity index (χ1v) is 9.82. The van der Waals surface area contributed by atoms with Crippen LogP contribution in [-0.4, -0.2) is 18.1 Å². The molecule has 0 amide bonds. The van der Waals surface area contributed by atoms with Crippen molar-refractivity contribution in [3.8, 4) is 17.3 Å². The van der Waals surface area contributed by atoms with Crippen LogP contribution in [0.5, 0.6) is 0 Å². The number of hydrogen-bond donors (Lipinski definition) is 0. The van der Waals surface area contributed by atoms with Gasteiger partial charge >= 0.3 is 5.97 Å². The van der Waals surface area contributed by atoms with Crippen molar-refractivity contribution in [2.24, 2.45) is 0 Å². The third-order valence-corrected chi connectivity index (χ3v) is 5.44. The van der Waals surface area contributed by atoms with Gasteiger partial charge in [-0.3, -0.25) is 0 Å². The molecule has 0 unspecified atom stereocenters. The monoisotopic (exact) mass is 396 g/mol.